The lowest BCUT2D eigenvalue weighted by atomic mass is 10.2. The molecular weight excluding hydrogens is 230 g/mol. The van der Waals surface area contributed by atoms with Crippen LogP contribution >= 0.6 is 22.9 Å². The number of hydrogen-bond acceptors (Lipinski definition) is 3. The number of unbranched alkanes of at least 4 members (excludes halogenated alkanes) is 2. The second-order valence-corrected chi connectivity index (χ2v) is 5.19. The molecule has 4 heteroatoms. The normalized spacial score (nSPS) is 13.0. The zero-order valence-electron chi connectivity index (χ0n) is 9.04. The molecule has 1 heterocycles. The summed E-state index contributed by atoms with van der Waals surface area (Å²) in [5.41, 5.74) is 5.67. The Morgan fingerprint density at radius 3 is 2.80 bits per heavy atom. The van der Waals surface area contributed by atoms with Crippen molar-refractivity contribution >= 4 is 22.9 Å². The van der Waals surface area contributed by atoms with Crippen LogP contribution in [0.2, 0.25) is 4.34 Å². The highest BCUT2D eigenvalue weighted by Crippen LogP contribution is 2.28. The van der Waals surface area contributed by atoms with Gasteiger partial charge in [0.25, 0.3) is 0 Å². The van der Waals surface area contributed by atoms with Crippen molar-refractivity contribution in [2.75, 3.05) is 13.2 Å². The largest absolute Gasteiger partial charge is 0.371 e. The molecule has 86 valence electrons. The van der Waals surface area contributed by atoms with E-state index in [1.54, 1.807) is 11.3 Å². The summed E-state index contributed by atoms with van der Waals surface area (Å²) in [6.07, 6.45) is 3.54. The summed E-state index contributed by atoms with van der Waals surface area (Å²) in [6, 6.07) is 3.88. The highest BCUT2D eigenvalue weighted by atomic mass is 35.5. The van der Waals surface area contributed by atoms with Crippen LogP contribution < -0.4 is 5.73 Å². The van der Waals surface area contributed by atoms with Gasteiger partial charge in [-0.15, -0.1) is 11.3 Å². The topological polar surface area (TPSA) is 35.2 Å². The van der Waals surface area contributed by atoms with Crippen molar-refractivity contribution < 1.29 is 4.74 Å². The third-order valence-electron chi connectivity index (χ3n) is 2.19. The van der Waals surface area contributed by atoms with Crippen molar-refractivity contribution in [2.24, 2.45) is 5.73 Å². The molecule has 0 bridgehead atoms. The van der Waals surface area contributed by atoms with E-state index < -0.39 is 0 Å². The van der Waals surface area contributed by atoms with Gasteiger partial charge in [-0.1, -0.05) is 31.4 Å². The third kappa shape index (κ3) is 4.51. The summed E-state index contributed by atoms with van der Waals surface area (Å²) in [7, 11) is 0. The summed E-state index contributed by atoms with van der Waals surface area (Å²) >= 11 is 7.41. The van der Waals surface area contributed by atoms with E-state index in [-0.39, 0.29) is 6.10 Å². The molecule has 2 N–H and O–H groups in total. The molecule has 1 rings (SSSR count). The van der Waals surface area contributed by atoms with Gasteiger partial charge in [0.05, 0.1) is 4.34 Å². The summed E-state index contributed by atoms with van der Waals surface area (Å²) in [6.45, 7) is 3.48. The number of rotatable bonds is 7. The van der Waals surface area contributed by atoms with E-state index in [0.717, 1.165) is 22.2 Å². The predicted molar refractivity (Wildman–Crippen MR) is 66.6 cm³/mol. The van der Waals surface area contributed by atoms with Crippen molar-refractivity contribution in [3.63, 3.8) is 0 Å². The lowest BCUT2D eigenvalue weighted by molar-refractivity contribution is 0.0583. The van der Waals surface area contributed by atoms with E-state index in [2.05, 4.69) is 6.92 Å². The summed E-state index contributed by atoms with van der Waals surface area (Å²) in [5, 5.41) is 0. The monoisotopic (exact) mass is 247 g/mol. The van der Waals surface area contributed by atoms with Crippen LogP contribution in [0.3, 0.4) is 0 Å². The Kier molecular flexibility index (Phi) is 6.25. The minimum absolute atomic E-state index is 0.0133. The van der Waals surface area contributed by atoms with Crippen LogP contribution in [0, 0.1) is 0 Å². The molecule has 15 heavy (non-hydrogen) atoms. The molecule has 0 saturated heterocycles. The first kappa shape index (κ1) is 13.0. The number of thiophene rings is 1. The van der Waals surface area contributed by atoms with Crippen LogP contribution in [0.15, 0.2) is 12.1 Å². The standard InChI is InChI=1S/C11H18ClNOS/c1-2-3-4-7-14-9(8-13)10-5-6-11(12)15-10/h5-6,9H,2-4,7-8,13H2,1H3. The minimum Gasteiger partial charge on any atom is -0.371 e. The van der Waals surface area contributed by atoms with Gasteiger partial charge in [-0.2, -0.15) is 0 Å². The lowest BCUT2D eigenvalue weighted by Crippen LogP contribution is -2.15. The maximum absolute atomic E-state index is 5.87. The highest BCUT2D eigenvalue weighted by Gasteiger charge is 2.11. The van der Waals surface area contributed by atoms with Gasteiger partial charge in [-0.25, -0.2) is 0 Å². The Labute approximate surface area is 100 Å². The highest BCUT2D eigenvalue weighted by molar-refractivity contribution is 7.16. The van der Waals surface area contributed by atoms with Gasteiger partial charge in [-0.3, -0.25) is 0 Å². The molecule has 2 nitrogen and oxygen atoms in total. The molecule has 0 fully saturated rings. The van der Waals surface area contributed by atoms with Gasteiger partial charge in [0.1, 0.15) is 6.10 Å². The number of ether oxygens (including phenoxy) is 1. The Morgan fingerprint density at radius 1 is 1.47 bits per heavy atom. The minimum atomic E-state index is 0.0133. The lowest BCUT2D eigenvalue weighted by Gasteiger charge is -2.13. The third-order valence-corrected chi connectivity index (χ3v) is 3.52. The van der Waals surface area contributed by atoms with Crippen molar-refractivity contribution in [1.82, 2.24) is 0 Å². The molecule has 1 atom stereocenters. The van der Waals surface area contributed by atoms with Gasteiger partial charge in [0.15, 0.2) is 0 Å². The molecular formula is C11H18ClNOS. The molecule has 0 aromatic carbocycles. The fraction of sp³-hybridized carbons (Fsp3) is 0.636. The Morgan fingerprint density at radius 2 is 2.27 bits per heavy atom. The fourth-order valence-corrected chi connectivity index (χ4v) is 2.47. The van der Waals surface area contributed by atoms with Crippen molar-refractivity contribution in [3.05, 3.63) is 21.3 Å². The maximum atomic E-state index is 5.87. The molecule has 0 saturated carbocycles. The number of nitrogens with two attached hydrogens (primary N) is 1. The van der Waals surface area contributed by atoms with Gasteiger partial charge in [0.2, 0.25) is 0 Å². The van der Waals surface area contributed by atoms with E-state index >= 15 is 0 Å². The SMILES string of the molecule is CCCCCOC(CN)c1ccc(Cl)s1. The quantitative estimate of drug-likeness (QED) is 0.747. The molecule has 0 aliphatic carbocycles. The second kappa shape index (κ2) is 7.23. The predicted octanol–water partition coefficient (Wildman–Crippen LogP) is 3.61. The molecule has 1 aromatic heterocycles. The van der Waals surface area contributed by atoms with Gasteiger partial charge in [0, 0.05) is 18.0 Å². The second-order valence-electron chi connectivity index (χ2n) is 3.44. The van der Waals surface area contributed by atoms with Crippen LogP contribution in [0.4, 0.5) is 0 Å². The van der Waals surface area contributed by atoms with E-state index in [1.807, 2.05) is 12.1 Å². The average Bonchev–Trinajstić information content (AvgIpc) is 2.65. The maximum Gasteiger partial charge on any atom is 0.104 e. The molecule has 0 radical (unpaired) electrons. The first-order valence-electron chi connectivity index (χ1n) is 5.34. The van der Waals surface area contributed by atoms with E-state index in [9.17, 15) is 0 Å². The molecule has 1 unspecified atom stereocenters. The molecule has 0 spiro atoms. The average molecular weight is 248 g/mol. The van der Waals surface area contributed by atoms with Crippen LogP contribution in [0.25, 0.3) is 0 Å². The molecule has 0 aliphatic heterocycles. The van der Waals surface area contributed by atoms with Crippen LogP contribution in [-0.4, -0.2) is 13.2 Å². The van der Waals surface area contributed by atoms with Gasteiger partial charge >= 0.3 is 0 Å². The Hall–Kier alpha value is -0.0900. The Bertz CT molecular complexity index is 277. The zero-order chi connectivity index (χ0) is 11.1. The number of hydrogen-bond donors (Lipinski definition) is 1. The van der Waals surface area contributed by atoms with Crippen LogP contribution in [0.1, 0.15) is 37.2 Å². The van der Waals surface area contributed by atoms with Crippen LogP contribution in [0.5, 0.6) is 0 Å². The summed E-state index contributed by atoms with van der Waals surface area (Å²) in [5.74, 6) is 0. The smallest absolute Gasteiger partial charge is 0.104 e. The molecule has 0 aliphatic rings. The van der Waals surface area contributed by atoms with Gasteiger partial charge < -0.3 is 10.5 Å². The summed E-state index contributed by atoms with van der Waals surface area (Å²) in [4.78, 5) is 1.12. The first-order chi connectivity index (χ1) is 7.27. The first-order valence-corrected chi connectivity index (χ1v) is 6.54. The van der Waals surface area contributed by atoms with E-state index in [4.69, 9.17) is 22.1 Å². The summed E-state index contributed by atoms with van der Waals surface area (Å²) < 4.78 is 6.51. The Balaban J connectivity index is 2.35. The van der Waals surface area contributed by atoms with Crippen molar-refractivity contribution in [2.45, 2.75) is 32.3 Å². The van der Waals surface area contributed by atoms with Crippen LogP contribution in [-0.2, 0) is 4.74 Å². The molecule has 1 aromatic rings. The van der Waals surface area contributed by atoms with Crippen molar-refractivity contribution in [3.8, 4) is 0 Å². The number of halogens is 1. The fourth-order valence-electron chi connectivity index (χ4n) is 1.35. The molecule has 0 amide bonds. The van der Waals surface area contributed by atoms with Crippen molar-refractivity contribution in [1.29, 1.82) is 0 Å². The van der Waals surface area contributed by atoms with Gasteiger partial charge in [-0.05, 0) is 18.6 Å². The van der Waals surface area contributed by atoms with E-state index in [0.29, 0.717) is 6.54 Å². The zero-order valence-corrected chi connectivity index (χ0v) is 10.6. The van der Waals surface area contributed by atoms with E-state index in [1.165, 1.54) is 12.8 Å².